The van der Waals surface area contributed by atoms with Crippen molar-refractivity contribution in [2.24, 2.45) is 0 Å². The first-order chi connectivity index (χ1) is 22.1. The normalized spacial score (nSPS) is 21.9. The number of pyridine rings is 1. The Bertz CT molecular complexity index is 1610. The van der Waals surface area contributed by atoms with Crippen molar-refractivity contribution in [3.05, 3.63) is 75.7 Å². The van der Waals surface area contributed by atoms with Gasteiger partial charge in [0.1, 0.15) is 16.3 Å². The number of thiophene rings is 1. The van der Waals surface area contributed by atoms with Crippen molar-refractivity contribution in [1.82, 2.24) is 14.8 Å². The molecule has 3 aromatic rings. The summed E-state index contributed by atoms with van der Waals surface area (Å²) in [6, 6.07) is 8.47. The van der Waals surface area contributed by atoms with Gasteiger partial charge in [-0.15, -0.1) is 24.0 Å². The van der Waals surface area contributed by atoms with E-state index >= 15 is 0 Å². The number of aliphatic hydroxyl groups is 1. The monoisotopic (exact) mass is 701 g/mol. The lowest BCUT2D eigenvalue weighted by Gasteiger charge is -2.51. The molecule has 1 aromatic carbocycles. The molecule has 7 nitrogen and oxygen atoms in total. The lowest BCUT2D eigenvalue weighted by atomic mass is 9.78. The van der Waals surface area contributed by atoms with Gasteiger partial charge in [-0.25, -0.2) is 0 Å². The number of piperidine rings is 2. The van der Waals surface area contributed by atoms with Crippen molar-refractivity contribution < 1.29 is 45.8 Å². The van der Waals surface area contributed by atoms with Crippen LogP contribution in [0.15, 0.2) is 58.9 Å². The van der Waals surface area contributed by atoms with Crippen LogP contribution >= 0.6 is 24.0 Å². The fourth-order valence-electron chi connectivity index (χ4n) is 6.56. The molecule has 0 aliphatic carbocycles. The van der Waals surface area contributed by atoms with Gasteiger partial charge in [-0.1, -0.05) is 31.5 Å². The highest BCUT2D eigenvalue weighted by molar-refractivity contribution is 7.80. The number of halogens is 6. The average molecular weight is 702 g/mol. The van der Waals surface area contributed by atoms with Gasteiger partial charge < -0.3 is 19.6 Å². The van der Waals surface area contributed by atoms with Crippen LogP contribution in [-0.4, -0.2) is 63.0 Å². The number of nitrogens with zero attached hydrogens (tertiary/aromatic N) is 3. The molecular weight excluding hydrogens is 668 g/mol. The summed E-state index contributed by atoms with van der Waals surface area (Å²) >= 11 is 4.85. The van der Waals surface area contributed by atoms with Gasteiger partial charge in [0.2, 0.25) is 5.60 Å². The minimum absolute atomic E-state index is 0.00787. The number of alkyl halides is 6. The van der Waals surface area contributed by atoms with Crippen LogP contribution < -0.4 is 4.74 Å². The third-order valence-corrected chi connectivity index (χ3v) is 10.1. The molecule has 0 radical (unpaired) electrons. The lowest BCUT2D eigenvalue weighted by molar-refractivity contribution is -0.163. The maximum absolute atomic E-state index is 14.7. The molecule has 2 amide bonds. The van der Waals surface area contributed by atoms with E-state index in [4.69, 9.17) is 4.74 Å². The van der Waals surface area contributed by atoms with Gasteiger partial charge in [-0.05, 0) is 49.4 Å². The van der Waals surface area contributed by atoms with Crippen molar-refractivity contribution in [3.8, 4) is 5.75 Å². The number of carbonyl (C=O) groups excluding carboxylic acids is 2. The Labute approximate surface area is 276 Å². The first-order valence-corrected chi connectivity index (χ1v) is 16.4. The van der Waals surface area contributed by atoms with Crippen LogP contribution in [0.25, 0.3) is 0 Å². The summed E-state index contributed by atoms with van der Waals surface area (Å²) in [5.74, 6) is -1.92. The van der Waals surface area contributed by atoms with E-state index in [1.807, 2.05) is 0 Å². The average Bonchev–Trinajstić information content (AvgIpc) is 3.51. The molecule has 2 aliphatic rings. The van der Waals surface area contributed by atoms with Crippen LogP contribution in [-0.2, 0) is 22.7 Å². The fraction of sp³-hybridized carbons (Fsp3) is 0.469. The maximum Gasteiger partial charge on any atom is 0.425 e. The van der Waals surface area contributed by atoms with Crippen LogP contribution in [0.3, 0.4) is 0 Å². The number of hydrogen-bond donors (Lipinski definition) is 2. The summed E-state index contributed by atoms with van der Waals surface area (Å²) in [5.41, 5.74) is -4.72. The molecule has 2 saturated heterocycles. The Kier molecular flexibility index (Phi) is 9.91. The minimum atomic E-state index is -4.89. The summed E-state index contributed by atoms with van der Waals surface area (Å²) in [6.45, 7) is 1.83. The Morgan fingerprint density at radius 3 is 2.36 bits per heavy atom. The van der Waals surface area contributed by atoms with E-state index in [-0.39, 0.29) is 57.5 Å². The molecule has 0 saturated carbocycles. The summed E-state index contributed by atoms with van der Waals surface area (Å²) in [6.07, 6.45) is -7.67. The lowest BCUT2D eigenvalue weighted by Crippen LogP contribution is -2.68. The zero-order chi connectivity index (χ0) is 34.2. The van der Waals surface area contributed by atoms with Crippen molar-refractivity contribution >= 4 is 35.8 Å². The topological polar surface area (TPSA) is 83.0 Å². The number of rotatable bonds is 7. The molecule has 0 unspecified atom stereocenters. The molecule has 47 heavy (non-hydrogen) atoms. The van der Waals surface area contributed by atoms with Gasteiger partial charge in [0.05, 0.1) is 17.2 Å². The predicted octanol–water partition coefficient (Wildman–Crippen LogP) is 7.20. The highest BCUT2D eigenvalue weighted by Crippen LogP contribution is 2.44. The molecule has 0 spiro atoms. The van der Waals surface area contributed by atoms with Crippen molar-refractivity contribution in [1.29, 1.82) is 0 Å². The Morgan fingerprint density at radius 1 is 1.04 bits per heavy atom. The van der Waals surface area contributed by atoms with Gasteiger partial charge in [0.15, 0.2) is 0 Å². The standard InChI is InChI=1S/C32H33F6N3O4S2/c1-2-7-24-30(45-20-18-25(47-19-20)32(36,37)38,11-6-15-41(24)27(42)26-22(31(33,34)35)9-5-14-39-26)28(43)40-16-12-29(44,13-17-40)21-8-3-4-10-23(21)46/h3-5,8-10,14,18-19,24,44,46H,2,6-7,11-13,15-17H2,1H3/t24-,30+/m1/s1. The minimum Gasteiger partial charge on any atom is -0.474 e. The van der Waals surface area contributed by atoms with Crippen LogP contribution in [0.2, 0.25) is 0 Å². The number of benzene rings is 1. The Hall–Kier alpha value is -3.30. The van der Waals surface area contributed by atoms with Crippen LogP contribution in [0, 0.1) is 0 Å². The van der Waals surface area contributed by atoms with Crippen LogP contribution in [0.4, 0.5) is 26.3 Å². The first-order valence-electron chi connectivity index (χ1n) is 15.1. The highest BCUT2D eigenvalue weighted by atomic mass is 32.1. The zero-order valence-electron chi connectivity index (χ0n) is 25.3. The SMILES string of the molecule is CCC[C@H]1N(C(=O)c2ncccc2C(F)(F)F)CCC[C@@]1(Oc1csc(C(F)(F)F)c1)C(=O)N1CCC(O)(c2ccccc2S)CC1. The second kappa shape index (κ2) is 13.3. The molecule has 254 valence electrons. The molecule has 5 rings (SSSR count). The van der Waals surface area contributed by atoms with Crippen molar-refractivity contribution in [2.75, 3.05) is 19.6 Å². The van der Waals surface area contributed by atoms with E-state index in [0.717, 1.165) is 34.7 Å². The first kappa shape index (κ1) is 35.0. The predicted molar refractivity (Wildman–Crippen MR) is 164 cm³/mol. The van der Waals surface area contributed by atoms with Crippen LogP contribution in [0.5, 0.6) is 5.75 Å². The third kappa shape index (κ3) is 6.98. The highest BCUT2D eigenvalue weighted by Gasteiger charge is 2.56. The van der Waals surface area contributed by atoms with Crippen LogP contribution in [0.1, 0.15) is 71.9 Å². The molecule has 4 heterocycles. The maximum atomic E-state index is 14.7. The number of aromatic nitrogens is 1. The zero-order valence-corrected chi connectivity index (χ0v) is 27.0. The number of ether oxygens (including phenoxy) is 1. The van der Waals surface area contributed by atoms with Gasteiger partial charge in [-0.2, -0.15) is 26.3 Å². The number of hydrogen-bond acceptors (Lipinski definition) is 7. The molecule has 2 atom stereocenters. The molecule has 2 aliphatic heterocycles. The summed E-state index contributed by atoms with van der Waals surface area (Å²) in [7, 11) is 0. The smallest absolute Gasteiger partial charge is 0.425 e. The molecule has 1 N–H and O–H groups in total. The van der Waals surface area contributed by atoms with E-state index in [9.17, 15) is 41.0 Å². The molecule has 0 bridgehead atoms. The molecule has 2 fully saturated rings. The van der Waals surface area contributed by atoms with Crippen molar-refractivity contribution in [3.63, 3.8) is 0 Å². The number of thiol groups is 1. The summed E-state index contributed by atoms with van der Waals surface area (Å²) in [4.78, 5) is 34.5. The van der Waals surface area contributed by atoms with Gasteiger partial charge in [0.25, 0.3) is 11.8 Å². The second-order valence-electron chi connectivity index (χ2n) is 11.8. The van der Waals surface area contributed by atoms with Crippen molar-refractivity contribution in [2.45, 2.75) is 79.9 Å². The van der Waals surface area contributed by atoms with E-state index in [0.29, 0.717) is 28.2 Å². The fourth-order valence-corrected chi connectivity index (χ4v) is 7.61. The third-order valence-electron chi connectivity index (χ3n) is 8.80. The van der Waals surface area contributed by atoms with Gasteiger partial charge >= 0.3 is 12.4 Å². The Balaban J connectivity index is 1.54. The quantitative estimate of drug-likeness (QED) is 0.201. The van der Waals surface area contributed by atoms with Gasteiger partial charge in [-0.3, -0.25) is 14.6 Å². The van der Waals surface area contributed by atoms with E-state index in [1.165, 1.54) is 4.90 Å². The van der Waals surface area contributed by atoms with Gasteiger partial charge in [0, 0.05) is 48.6 Å². The number of likely N-dealkylation sites (tertiary alicyclic amines) is 2. The number of carbonyl (C=O) groups is 2. The number of amides is 2. The summed E-state index contributed by atoms with van der Waals surface area (Å²) < 4.78 is 88.7. The second-order valence-corrected chi connectivity index (χ2v) is 13.2. The molecule has 2 aromatic heterocycles. The van der Waals surface area contributed by atoms with E-state index in [1.54, 1.807) is 31.2 Å². The summed E-state index contributed by atoms with van der Waals surface area (Å²) in [5, 5.41) is 12.6. The Morgan fingerprint density at radius 2 is 1.74 bits per heavy atom. The molecular formula is C32H33F6N3O4S2. The van der Waals surface area contributed by atoms with E-state index < -0.39 is 57.5 Å². The van der Waals surface area contributed by atoms with E-state index in [2.05, 4.69) is 17.6 Å². The molecule has 15 heteroatoms. The largest absolute Gasteiger partial charge is 0.474 e.